The first-order valence-corrected chi connectivity index (χ1v) is 6.37. The highest BCUT2D eigenvalue weighted by atomic mass is 19.4. The molecule has 0 saturated heterocycles. The summed E-state index contributed by atoms with van der Waals surface area (Å²) in [6.45, 7) is 0.945. The largest absolute Gasteiger partial charge is 0.434 e. The number of Topliss-reactive ketones (excluding diaryl/α,β-unsaturated/α-hetero) is 1. The molecule has 120 valence electrons. The molecule has 2 aromatic rings. The number of aromatic nitrogens is 1. The van der Waals surface area contributed by atoms with Gasteiger partial charge >= 0.3 is 6.18 Å². The molecule has 23 heavy (non-hydrogen) atoms. The molecule has 1 aromatic heterocycles. The van der Waals surface area contributed by atoms with E-state index in [-0.39, 0.29) is 16.5 Å². The molecular formula is C15H11F4N3O. The van der Waals surface area contributed by atoms with Gasteiger partial charge in [-0.3, -0.25) is 9.78 Å². The highest BCUT2D eigenvalue weighted by molar-refractivity contribution is 6.24. The monoisotopic (exact) mass is 325 g/mol. The Bertz CT molecular complexity index is 825. The number of alkyl halides is 3. The van der Waals surface area contributed by atoms with Gasteiger partial charge in [-0.2, -0.15) is 13.2 Å². The molecule has 0 aliphatic heterocycles. The molecule has 0 saturated carbocycles. The van der Waals surface area contributed by atoms with Crippen LogP contribution in [0.25, 0.3) is 10.8 Å². The number of hydrogen-bond donors (Lipinski definition) is 1. The van der Waals surface area contributed by atoms with Crippen LogP contribution in [0.3, 0.4) is 0 Å². The molecule has 0 atom stereocenters. The Labute approximate surface area is 128 Å². The SMILES string of the molecule is CC(=O)C(=CN)C(=Nc1cncc2c(F)cccc12)C(F)(F)F. The number of fused-ring (bicyclic) bond motifs is 1. The van der Waals surface area contributed by atoms with Crippen LogP contribution in [0.4, 0.5) is 23.2 Å². The predicted molar refractivity (Wildman–Crippen MR) is 77.8 cm³/mol. The molecule has 2 N–H and O–H groups in total. The second kappa shape index (κ2) is 6.15. The van der Waals surface area contributed by atoms with E-state index < -0.39 is 29.1 Å². The van der Waals surface area contributed by atoms with Gasteiger partial charge < -0.3 is 5.73 Å². The van der Waals surface area contributed by atoms with Crippen molar-refractivity contribution in [2.24, 2.45) is 10.7 Å². The van der Waals surface area contributed by atoms with E-state index in [2.05, 4.69) is 9.98 Å². The fourth-order valence-electron chi connectivity index (χ4n) is 1.99. The number of rotatable bonds is 3. The number of benzene rings is 1. The zero-order chi connectivity index (χ0) is 17.2. The van der Waals surface area contributed by atoms with E-state index >= 15 is 0 Å². The lowest BCUT2D eigenvalue weighted by atomic mass is 10.1. The van der Waals surface area contributed by atoms with Gasteiger partial charge in [0, 0.05) is 23.2 Å². The van der Waals surface area contributed by atoms with Gasteiger partial charge in [-0.15, -0.1) is 0 Å². The average Bonchev–Trinajstić information content (AvgIpc) is 2.46. The summed E-state index contributed by atoms with van der Waals surface area (Å²) >= 11 is 0. The van der Waals surface area contributed by atoms with Crippen LogP contribution in [0.5, 0.6) is 0 Å². The number of nitrogens with zero attached hydrogens (tertiary/aromatic N) is 2. The van der Waals surface area contributed by atoms with Crippen molar-refractivity contribution < 1.29 is 22.4 Å². The summed E-state index contributed by atoms with van der Waals surface area (Å²) in [5.74, 6) is -1.52. The lowest BCUT2D eigenvalue weighted by molar-refractivity contribution is -0.113. The summed E-state index contributed by atoms with van der Waals surface area (Å²) in [6.07, 6.45) is -2.12. The smallest absolute Gasteiger partial charge is 0.404 e. The first-order chi connectivity index (χ1) is 10.8. The van der Waals surface area contributed by atoms with Crippen molar-refractivity contribution in [3.8, 4) is 0 Å². The summed E-state index contributed by atoms with van der Waals surface area (Å²) in [4.78, 5) is 18.5. The van der Waals surface area contributed by atoms with Crippen molar-refractivity contribution in [2.75, 3.05) is 0 Å². The maximum Gasteiger partial charge on any atom is 0.434 e. The molecule has 0 fully saturated rings. The zero-order valence-corrected chi connectivity index (χ0v) is 11.9. The second-order valence-corrected chi connectivity index (χ2v) is 4.59. The molecule has 0 bridgehead atoms. The van der Waals surface area contributed by atoms with Crippen molar-refractivity contribution in [1.29, 1.82) is 0 Å². The van der Waals surface area contributed by atoms with Crippen molar-refractivity contribution in [1.82, 2.24) is 4.98 Å². The van der Waals surface area contributed by atoms with Gasteiger partial charge in [0.25, 0.3) is 0 Å². The van der Waals surface area contributed by atoms with E-state index in [1.807, 2.05) is 0 Å². The normalized spacial score (nSPS) is 13.4. The molecule has 0 aliphatic rings. The molecule has 0 radical (unpaired) electrons. The van der Waals surface area contributed by atoms with Crippen LogP contribution in [0.15, 0.2) is 47.4 Å². The maximum atomic E-state index is 13.7. The molecule has 8 heteroatoms. The van der Waals surface area contributed by atoms with Crippen LogP contribution >= 0.6 is 0 Å². The van der Waals surface area contributed by atoms with Crippen LogP contribution in [-0.4, -0.2) is 22.7 Å². The number of hydrogen-bond acceptors (Lipinski definition) is 4. The second-order valence-electron chi connectivity index (χ2n) is 4.59. The number of ketones is 1. The summed E-state index contributed by atoms with van der Waals surface area (Å²) in [5, 5.41) is 0.165. The third-order valence-electron chi connectivity index (χ3n) is 3.03. The van der Waals surface area contributed by atoms with Crippen LogP contribution in [-0.2, 0) is 4.79 Å². The average molecular weight is 325 g/mol. The van der Waals surface area contributed by atoms with Crippen LogP contribution in [0.1, 0.15) is 6.92 Å². The standard InChI is InChI=1S/C15H11F4N3O/c1-8(23)10(5-20)14(15(17,18)19)22-13-7-21-6-11-9(13)3-2-4-12(11)16/h2-7H,20H2,1H3. The molecule has 0 spiro atoms. The molecule has 1 heterocycles. The van der Waals surface area contributed by atoms with Crippen LogP contribution in [0.2, 0.25) is 0 Å². The first kappa shape index (κ1) is 16.6. The van der Waals surface area contributed by atoms with E-state index in [0.717, 1.165) is 19.2 Å². The summed E-state index contributed by atoms with van der Waals surface area (Å²) in [7, 11) is 0. The minimum atomic E-state index is -4.91. The Morgan fingerprint density at radius 2 is 1.96 bits per heavy atom. The van der Waals surface area contributed by atoms with E-state index in [4.69, 9.17) is 5.73 Å². The Hall–Kier alpha value is -2.77. The Morgan fingerprint density at radius 3 is 2.52 bits per heavy atom. The Balaban J connectivity index is 2.75. The number of nitrogens with two attached hydrogens (primary N) is 1. The topological polar surface area (TPSA) is 68.3 Å². The van der Waals surface area contributed by atoms with Gasteiger partial charge in [-0.25, -0.2) is 9.38 Å². The van der Waals surface area contributed by atoms with Gasteiger partial charge in [0.2, 0.25) is 0 Å². The number of carbonyl (C=O) groups excluding carboxylic acids is 1. The van der Waals surface area contributed by atoms with E-state index in [9.17, 15) is 22.4 Å². The number of aliphatic imine (C=N–C) groups is 1. The molecular weight excluding hydrogens is 314 g/mol. The summed E-state index contributed by atoms with van der Waals surface area (Å²) in [6, 6.07) is 3.91. The first-order valence-electron chi connectivity index (χ1n) is 6.37. The number of allylic oxidation sites excluding steroid dienone is 1. The van der Waals surface area contributed by atoms with Crippen LogP contribution < -0.4 is 5.73 Å². The van der Waals surface area contributed by atoms with E-state index in [0.29, 0.717) is 6.20 Å². The highest BCUT2D eigenvalue weighted by Gasteiger charge is 2.39. The van der Waals surface area contributed by atoms with Crippen LogP contribution in [0, 0.1) is 5.82 Å². The lowest BCUT2D eigenvalue weighted by Crippen LogP contribution is -2.28. The minimum absolute atomic E-state index is 0.0244. The fraction of sp³-hybridized carbons (Fsp3) is 0.133. The van der Waals surface area contributed by atoms with Crippen molar-refractivity contribution >= 4 is 28.0 Å². The van der Waals surface area contributed by atoms with Crippen molar-refractivity contribution in [3.63, 3.8) is 0 Å². The molecule has 0 amide bonds. The molecule has 0 unspecified atom stereocenters. The number of carbonyl (C=O) groups is 1. The summed E-state index contributed by atoms with van der Waals surface area (Å²) < 4.78 is 53.3. The van der Waals surface area contributed by atoms with E-state index in [1.54, 1.807) is 0 Å². The Morgan fingerprint density at radius 1 is 1.26 bits per heavy atom. The Kier molecular flexibility index (Phi) is 4.44. The third-order valence-corrected chi connectivity index (χ3v) is 3.03. The fourth-order valence-corrected chi connectivity index (χ4v) is 1.99. The quantitative estimate of drug-likeness (QED) is 0.534. The number of halogens is 4. The zero-order valence-electron chi connectivity index (χ0n) is 11.9. The molecule has 1 aromatic carbocycles. The molecule has 0 aliphatic carbocycles. The number of pyridine rings is 1. The maximum absolute atomic E-state index is 13.7. The van der Waals surface area contributed by atoms with Crippen molar-refractivity contribution in [3.05, 3.63) is 48.2 Å². The van der Waals surface area contributed by atoms with Gasteiger partial charge in [0.15, 0.2) is 11.5 Å². The third kappa shape index (κ3) is 3.36. The van der Waals surface area contributed by atoms with Gasteiger partial charge in [0.05, 0.1) is 17.5 Å². The van der Waals surface area contributed by atoms with E-state index in [1.165, 1.54) is 18.3 Å². The molecule has 4 nitrogen and oxygen atoms in total. The summed E-state index contributed by atoms with van der Waals surface area (Å²) in [5.41, 5.74) is 2.68. The molecule has 2 rings (SSSR count). The highest BCUT2D eigenvalue weighted by Crippen LogP contribution is 2.30. The van der Waals surface area contributed by atoms with Gasteiger partial charge in [-0.1, -0.05) is 12.1 Å². The van der Waals surface area contributed by atoms with Gasteiger partial charge in [-0.05, 0) is 13.0 Å². The van der Waals surface area contributed by atoms with Crippen molar-refractivity contribution in [2.45, 2.75) is 13.1 Å². The lowest BCUT2D eigenvalue weighted by Gasteiger charge is -2.12. The minimum Gasteiger partial charge on any atom is -0.404 e. The predicted octanol–water partition coefficient (Wildman–Crippen LogP) is 3.44. The van der Waals surface area contributed by atoms with Gasteiger partial charge in [0.1, 0.15) is 5.82 Å².